The monoisotopic (exact) mass is 251 g/mol. The lowest BCUT2D eigenvalue weighted by Crippen LogP contribution is -2.46. The molecule has 0 radical (unpaired) electrons. The van der Waals surface area contributed by atoms with Gasteiger partial charge in [-0.15, -0.1) is 0 Å². The number of hydrogen-bond donors (Lipinski definition) is 1. The molecule has 2 aliphatic rings. The first-order valence-corrected chi connectivity index (χ1v) is 6.18. The number of aliphatic hydroxyl groups excluding tert-OH is 1. The normalized spacial score (nSPS) is 23.3. The quantitative estimate of drug-likeness (QED) is 0.853. The Morgan fingerprint density at radius 2 is 2.17 bits per heavy atom. The molecule has 2 heterocycles. The third-order valence-electron chi connectivity index (χ3n) is 3.38. The van der Waals surface area contributed by atoms with Crippen molar-refractivity contribution in [3.05, 3.63) is 23.8 Å². The zero-order valence-electron chi connectivity index (χ0n) is 10.2. The molecule has 5 heteroatoms. The summed E-state index contributed by atoms with van der Waals surface area (Å²) in [6.45, 7) is 3.40. The van der Waals surface area contributed by atoms with E-state index in [4.69, 9.17) is 14.2 Å². The Balaban J connectivity index is 1.71. The molecule has 5 nitrogen and oxygen atoms in total. The van der Waals surface area contributed by atoms with Crippen LogP contribution in [0.3, 0.4) is 0 Å². The number of fused-ring (bicyclic) bond motifs is 1. The summed E-state index contributed by atoms with van der Waals surface area (Å²) >= 11 is 0. The molecule has 0 aliphatic carbocycles. The van der Waals surface area contributed by atoms with Crippen LogP contribution >= 0.6 is 0 Å². The van der Waals surface area contributed by atoms with Gasteiger partial charge in [-0.1, -0.05) is 6.07 Å². The summed E-state index contributed by atoms with van der Waals surface area (Å²) in [6, 6.07) is 6.07. The number of rotatable bonds is 3. The molecule has 1 atom stereocenters. The number of ether oxygens (including phenoxy) is 3. The van der Waals surface area contributed by atoms with E-state index < -0.39 is 0 Å². The van der Waals surface area contributed by atoms with Crippen molar-refractivity contribution in [1.82, 2.24) is 4.90 Å². The van der Waals surface area contributed by atoms with Crippen LogP contribution in [0.15, 0.2) is 18.2 Å². The van der Waals surface area contributed by atoms with E-state index >= 15 is 0 Å². The van der Waals surface area contributed by atoms with Crippen molar-refractivity contribution in [3.63, 3.8) is 0 Å². The standard InChI is InChI=1S/C13H17NO4/c15-7-11-8-16-4-3-14(11)6-10-1-2-12-13(5-10)18-9-17-12/h1-2,5,11,15H,3-4,6-9H2. The molecule has 98 valence electrons. The van der Waals surface area contributed by atoms with Crippen LogP contribution in [-0.2, 0) is 11.3 Å². The van der Waals surface area contributed by atoms with E-state index in [9.17, 15) is 5.11 Å². The molecule has 2 aliphatic heterocycles. The third kappa shape index (κ3) is 2.29. The summed E-state index contributed by atoms with van der Waals surface area (Å²) in [4.78, 5) is 2.24. The largest absolute Gasteiger partial charge is 0.454 e. The number of nitrogens with zero attached hydrogens (tertiary/aromatic N) is 1. The summed E-state index contributed by atoms with van der Waals surface area (Å²) in [5, 5.41) is 9.33. The van der Waals surface area contributed by atoms with Gasteiger partial charge in [0.15, 0.2) is 11.5 Å². The van der Waals surface area contributed by atoms with Gasteiger partial charge in [0.2, 0.25) is 6.79 Å². The zero-order chi connectivity index (χ0) is 12.4. The Kier molecular flexibility index (Phi) is 3.36. The SMILES string of the molecule is OCC1COCCN1Cc1ccc2c(c1)OCO2. The topological polar surface area (TPSA) is 51.2 Å². The lowest BCUT2D eigenvalue weighted by molar-refractivity contribution is -0.0312. The van der Waals surface area contributed by atoms with Crippen LogP contribution in [0.5, 0.6) is 11.5 Å². The smallest absolute Gasteiger partial charge is 0.231 e. The first kappa shape index (κ1) is 11.8. The molecule has 1 N–H and O–H groups in total. The van der Waals surface area contributed by atoms with Crippen LogP contribution in [0.1, 0.15) is 5.56 Å². The Labute approximate surface area is 106 Å². The highest BCUT2D eigenvalue weighted by Crippen LogP contribution is 2.33. The minimum absolute atomic E-state index is 0.0872. The maximum atomic E-state index is 9.33. The fraction of sp³-hybridized carbons (Fsp3) is 0.538. The highest BCUT2D eigenvalue weighted by atomic mass is 16.7. The predicted octanol–water partition coefficient (Wildman–Crippen LogP) is 0.608. The molecule has 1 aromatic carbocycles. The molecule has 1 fully saturated rings. The van der Waals surface area contributed by atoms with Crippen LogP contribution in [0.4, 0.5) is 0 Å². The van der Waals surface area contributed by atoms with Gasteiger partial charge in [-0.25, -0.2) is 0 Å². The molecule has 0 amide bonds. The van der Waals surface area contributed by atoms with Crippen molar-refractivity contribution < 1.29 is 19.3 Å². The van der Waals surface area contributed by atoms with Gasteiger partial charge in [0.05, 0.1) is 25.9 Å². The van der Waals surface area contributed by atoms with Crippen LogP contribution in [0, 0.1) is 0 Å². The molecular formula is C13H17NO4. The second-order valence-electron chi connectivity index (χ2n) is 4.57. The third-order valence-corrected chi connectivity index (χ3v) is 3.38. The summed E-state index contributed by atoms with van der Waals surface area (Å²) in [5.74, 6) is 1.61. The minimum Gasteiger partial charge on any atom is -0.454 e. The maximum Gasteiger partial charge on any atom is 0.231 e. The van der Waals surface area contributed by atoms with Gasteiger partial charge in [-0.3, -0.25) is 4.90 Å². The van der Waals surface area contributed by atoms with Crippen LogP contribution in [0.25, 0.3) is 0 Å². The average Bonchev–Trinajstić information content (AvgIpc) is 2.87. The Bertz CT molecular complexity index is 423. The van der Waals surface area contributed by atoms with Gasteiger partial charge in [0.25, 0.3) is 0 Å². The molecule has 1 saturated heterocycles. The molecule has 0 spiro atoms. The molecule has 0 aromatic heterocycles. The second kappa shape index (κ2) is 5.14. The van der Waals surface area contributed by atoms with E-state index in [2.05, 4.69) is 4.90 Å². The van der Waals surface area contributed by atoms with E-state index in [-0.39, 0.29) is 12.6 Å². The lowest BCUT2D eigenvalue weighted by atomic mass is 10.1. The average molecular weight is 251 g/mol. The van der Waals surface area contributed by atoms with Gasteiger partial charge >= 0.3 is 0 Å². The van der Waals surface area contributed by atoms with E-state index in [0.29, 0.717) is 13.4 Å². The van der Waals surface area contributed by atoms with Crippen LogP contribution in [0.2, 0.25) is 0 Å². The van der Waals surface area contributed by atoms with Crippen molar-refractivity contribution >= 4 is 0 Å². The number of benzene rings is 1. The van der Waals surface area contributed by atoms with Crippen molar-refractivity contribution in [2.24, 2.45) is 0 Å². The fourth-order valence-corrected chi connectivity index (χ4v) is 2.34. The number of hydrogen-bond acceptors (Lipinski definition) is 5. The minimum atomic E-state index is 0.0872. The molecule has 0 bridgehead atoms. The highest BCUT2D eigenvalue weighted by molar-refractivity contribution is 5.44. The molecule has 1 unspecified atom stereocenters. The van der Waals surface area contributed by atoms with Crippen molar-refractivity contribution in [2.75, 3.05) is 33.2 Å². The summed E-state index contributed by atoms with van der Waals surface area (Å²) in [6.07, 6.45) is 0. The van der Waals surface area contributed by atoms with Crippen LogP contribution < -0.4 is 9.47 Å². The van der Waals surface area contributed by atoms with Gasteiger partial charge in [0.1, 0.15) is 0 Å². The van der Waals surface area contributed by atoms with Gasteiger partial charge in [-0.05, 0) is 17.7 Å². The van der Waals surface area contributed by atoms with Crippen molar-refractivity contribution in [3.8, 4) is 11.5 Å². The Morgan fingerprint density at radius 1 is 1.28 bits per heavy atom. The Hall–Kier alpha value is -1.30. The van der Waals surface area contributed by atoms with Crippen LogP contribution in [-0.4, -0.2) is 49.2 Å². The van der Waals surface area contributed by atoms with Crippen molar-refractivity contribution in [1.29, 1.82) is 0 Å². The highest BCUT2D eigenvalue weighted by Gasteiger charge is 2.23. The first-order valence-electron chi connectivity index (χ1n) is 6.18. The van der Waals surface area contributed by atoms with E-state index in [1.54, 1.807) is 0 Å². The van der Waals surface area contributed by atoms with Gasteiger partial charge in [0, 0.05) is 13.1 Å². The summed E-state index contributed by atoms with van der Waals surface area (Å²) < 4.78 is 16.0. The zero-order valence-corrected chi connectivity index (χ0v) is 10.2. The first-order chi connectivity index (χ1) is 8.86. The van der Waals surface area contributed by atoms with E-state index in [1.807, 2.05) is 18.2 Å². The van der Waals surface area contributed by atoms with E-state index in [0.717, 1.165) is 31.2 Å². The molecular weight excluding hydrogens is 234 g/mol. The number of morpholine rings is 1. The number of aliphatic hydroxyl groups is 1. The lowest BCUT2D eigenvalue weighted by Gasteiger charge is -2.34. The van der Waals surface area contributed by atoms with Gasteiger partial charge in [-0.2, -0.15) is 0 Å². The molecule has 1 aromatic rings. The Morgan fingerprint density at radius 3 is 3.06 bits per heavy atom. The van der Waals surface area contributed by atoms with Crippen molar-refractivity contribution in [2.45, 2.75) is 12.6 Å². The fourth-order valence-electron chi connectivity index (χ4n) is 2.34. The molecule has 18 heavy (non-hydrogen) atoms. The summed E-state index contributed by atoms with van der Waals surface area (Å²) in [7, 11) is 0. The van der Waals surface area contributed by atoms with E-state index in [1.165, 1.54) is 5.56 Å². The second-order valence-corrected chi connectivity index (χ2v) is 4.57. The molecule has 0 saturated carbocycles. The summed E-state index contributed by atoms with van der Waals surface area (Å²) in [5.41, 5.74) is 1.17. The predicted molar refractivity (Wildman–Crippen MR) is 64.7 cm³/mol. The van der Waals surface area contributed by atoms with Gasteiger partial charge < -0.3 is 19.3 Å². The molecule has 3 rings (SSSR count). The maximum absolute atomic E-state index is 9.33.